The summed E-state index contributed by atoms with van der Waals surface area (Å²) in [5, 5.41) is 11.2. The molecule has 0 aliphatic carbocycles. The number of rotatable bonds is 7. The van der Waals surface area contributed by atoms with Crippen LogP contribution in [0.3, 0.4) is 0 Å². The van der Waals surface area contributed by atoms with Gasteiger partial charge in [0.1, 0.15) is 5.75 Å². The molecule has 0 fully saturated rings. The van der Waals surface area contributed by atoms with E-state index < -0.39 is 0 Å². The van der Waals surface area contributed by atoms with Crippen LogP contribution >= 0.6 is 0 Å². The van der Waals surface area contributed by atoms with Crippen molar-refractivity contribution in [3.8, 4) is 11.4 Å². The Balaban J connectivity index is 1.92. The van der Waals surface area contributed by atoms with E-state index >= 15 is 0 Å². The van der Waals surface area contributed by atoms with Crippen LogP contribution in [0.1, 0.15) is 24.2 Å². The molecule has 0 radical (unpaired) electrons. The quantitative estimate of drug-likeness (QED) is 0.675. The number of hydrogen-bond acceptors (Lipinski definition) is 5. The summed E-state index contributed by atoms with van der Waals surface area (Å²) < 4.78 is 6.71. The Hall–Kier alpha value is -3.42. The third-order valence-corrected chi connectivity index (χ3v) is 4.46. The minimum atomic E-state index is -0.326. The molecule has 1 aromatic carbocycles. The molecule has 3 aromatic rings. The first-order valence-electron chi connectivity index (χ1n) is 9.00. The van der Waals surface area contributed by atoms with Crippen molar-refractivity contribution in [2.45, 2.75) is 26.4 Å². The van der Waals surface area contributed by atoms with Gasteiger partial charge in [0.15, 0.2) is 0 Å². The molecule has 146 valence electrons. The second-order valence-electron chi connectivity index (χ2n) is 6.71. The van der Waals surface area contributed by atoms with Crippen molar-refractivity contribution in [2.75, 3.05) is 7.11 Å². The van der Waals surface area contributed by atoms with Crippen molar-refractivity contribution in [3.05, 3.63) is 70.9 Å². The average Bonchev–Trinajstić information content (AvgIpc) is 3.20. The molecule has 2 heterocycles. The lowest BCUT2D eigenvalue weighted by Crippen LogP contribution is -2.42. The highest BCUT2D eigenvalue weighted by molar-refractivity contribution is 5.96. The summed E-state index contributed by atoms with van der Waals surface area (Å²) >= 11 is 0. The second kappa shape index (κ2) is 8.51. The number of nitrogens with zero attached hydrogens (tertiary/aromatic N) is 4. The summed E-state index contributed by atoms with van der Waals surface area (Å²) in [6.07, 6.45) is 4.70. The lowest BCUT2D eigenvalue weighted by Gasteiger charge is -2.22. The van der Waals surface area contributed by atoms with Gasteiger partial charge in [-0.05, 0) is 18.1 Å². The molecule has 0 spiro atoms. The minimum Gasteiger partial charge on any atom is -0.496 e. The van der Waals surface area contributed by atoms with Crippen molar-refractivity contribution in [1.29, 1.82) is 0 Å². The topological polar surface area (TPSA) is 91.0 Å². The SMILES string of the molecule is COc1cc(=O)n(-c2ccccc2)cc1C(=O)NC(Cn1nccn1)C(C)C. The molecule has 2 aromatic heterocycles. The molecule has 1 amide bonds. The largest absolute Gasteiger partial charge is 0.496 e. The second-order valence-corrected chi connectivity index (χ2v) is 6.71. The van der Waals surface area contributed by atoms with E-state index in [2.05, 4.69) is 15.5 Å². The number of aromatic nitrogens is 4. The van der Waals surface area contributed by atoms with Crippen molar-refractivity contribution >= 4 is 5.91 Å². The van der Waals surface area contributed by atoms with E-state index in [1.807, 2.05) is 32.0 Å². The van der Waals surface area contributed by atoms with Gasteiger partial charge < -0.3 is 10.1 Å². The molecule has 1 unspecified atom stereocenters. The van der Waals surface area contributed by atoms with Crippen molar-refractivity contribution in [1.82, 2.24) is 24.9 Å². The van der Waals surface area contributed by atoms with Gasteiger partial charge in [-0.3, -0.25) is 14.2 Å². The fourth-order valence-electron chi connectivity index (χ4n) is 2.83. The standard InChI is InChI=1S/C20H23N5O3/c1-14(2)17(13-25-21-9-10-22-25)23-20(27)16-12-24(15-7-5-4-6-8-15)19(26)11-18(16)28-3/h4-12,14,17H,13H2,1-3H3,(H,23,27). The van der Waals surface area contributed by atoms with Crippen LogP contribution in [0.15, 0.2) is 59.8 Å². The molecule has 3 rings (SSSR count). The number of nitrogens with one attached hydrogen (secondary N) is 1. The Morgan fingerprint density at radius 1 is 1.18 bits per heavy atom. The minimum absolute atomic E-state index is 0.154. The zero-order valence-corrected chi connectivity index (χ0v) is 16.1. The van der Waals surface area contributed by atoms with Crippen molar-refractivity contribution in [2.24, 2.45) is 5.92 Å². The fraction of sp³-hybridized carbons (Fsp3) is 0.300. The predicted octanol–water partition coefficient (Wildman–Crippen LogP) is 1.89. The molecule has 1 atom stereocenters. The summed E-state index contributed by atoms with van der Waals surface area (Å²) in [6, 6.07) is 10.3. The van der Waals surface area contributed by atoms with E-state index in [0.29, 0.717) is 12.2 Å². The first kappa shape index (κ1) is 19.3. The molecule has 0 saturated carbocycles. The molecule has 0 aliphatic heterocycles. The number of carbonyl (C=O) groups excluding carboxylic acids is 1. The summed E-state index contributed by atoms with van der Waals surface area (Å²) in [7, 11) is 1.44. The Bertz CT molecular complexity index is 981. The average molecular weight is 381 g/mol. The maximum Gasteiger partial charge on any atom is 0.258 e. The first-order valence-corrected chi connectivity index (χ1v) is 9.00. The van der Waals surface area contributed by atoms with Crippen LogP contribution in [0.2, 0.25) is 0 Å². The van der Waals surface area contributed by atoms with Crippen LogP contribution < -0.4 is 15.6 Å². The molecule has 8 nitrogen and oxygen atoms in total. The molecular formula is C20H23N5O3. The van der Waals surface area contributed by atoms with E-state index in [1.165, 1.54) is 28.7 Å². The Kier molecular flexibility index (Phi) is 5.88. The van der Waals surface area contributed by atoms with Crippen LogP contribution in [0.25, 0.3) is 5.69 Å². The smallest absolute Gasteiger partial charge is 0.258 e. The Morgan fingerprint density at radius 3 is 2.46 bits per heavy atom. The number of carbonyl (C=O) groups is 1. The molecule has 0 bridgehead atoms. The number of ether oxygens (including phenoxy) is 1. The van der Waals surface area contributed by atoms with Gasteiger partial charge in [-0.1, -0.05) is 32.0 Å². The van der Waals surface area contributed by atoms with Crippen LogP contribution in [-0.4, -0.2) is 38.6 Å². The zero-order chi connectivity index (χ0) is 20.1. The van der Waals surface area contributed by atoms with Gasteiger partial charge in [0, 0.05) is 18.0 Å². The Labute approximate surface area is 162 Å². The maximum absolute atomic E-state index is 13.0. The van der Waals surface area contributed by atoms with E-state index in [-0.39, 0.29) is 34.7 Å². The molecule has 28 heavy (non-hydrogen) atoms. The highest BCUT2D eigenvalue weighted by atomic mass is 16.5. The lowest BCUT2D eigenvalue weighted by molar-refractivity contribution is 0.0914. The van der Waals surface area contributed by atoms with Gasteiger partial charge in [0.05, 0.1) is 37.7 Å². The maximum atomic E-state index is 13.0. The third-order valence-electron chi connectivity index (χ3n) is 4.46. The summed E-state index contributed by atoms with van der Waals surface area (Å²) in [4.78, 5) is 27.0. The van der Waals surface area contributed by atoms with Gasteiger partial charge in [-0.15, -0.1) is 0 Å². The molecule has 0 saturated heterocycles. The summed E-state index contributed by atoms with van der Waals surface area (Å²) in [5.74, 6) is 0.0581. The monoisotopic (exact) mass is 381 g/mol. The van der Waals surface area contributed by atoms with Crippen molar-refractivity contribution < 1.29 is 9.53 Å². The predicted molar refractivity (Wildman–Crippen MR) is 105 cm³/mol. The number of pyridine rings is 1. The molecule has 8 heteroatoms. The third kappa shape index (κ3) is 4.28. The molecule has 0 aliphatic rings. The van der Waals surface area contributed by atoms with E-state index in [9.17, 15) is 9.59 Å². The number of amides is 1. The van der Waals surface area contributed by atoms with Gasteiger partial charge in [0.2, 0.25) is 0 Å². The summed E-state index contributed by atoms with van der Waals surface area (Å²) in [5.41, 5.74) is 0.677. The first-order chi connectivity index (χ1) is 13.5. The van der Waals surface area contributed by atoms with Gasteiger partial charge in [0.25, 0.3) is 11.5 Å². The highest BCUT2D eigenvalue weighted by Gasteiger charge is 2.22. The van der Waals surface area contributed by atoms with Crippen LogP contribution in [0, 0.1) is 5.92 Å². The van der Waals surface area contributed by atoms with Gasteiger partial charge >= 0.3 is 0 Å². The molecule has 1 N–H and O–H groups in total. The van der Waals surface area contributed by atoms with Crippen molar-refractivity contribution in [3.63, 3.8) is 0 Å². The van der Waals surface area contributed by atoms with Crippen LogP contribution in [0.4, 0.5) is 0 Å². The fourth-order valence-corrected chi connectivity index (χ4v) is 2.83. The van der Waals surface area contributed by atoms with Crippen LogP contribution in [0.5, 0.6) is 5.75 Å². The zero-order valence-electron chi connectivity index (χ0n) is 16.1. The van der Waals surface area contributed by atoms with E-state index in [0.717, 1.165) is 0 Å². The normalized spacial score (nSPS) is 12.0. The van der Waals surface area contributed by atoms with E-state index in [1.54, 1.807) is 24.5 Å². The number of hydrogen-bond donors (Lipinski definition) is 1. The van der Waals surface area contributed by atoms with E-state index in [4.69, 9.17) is 4.74 Å². The number of benzene rings is 1. The molecular weight excluding hydrogens is 358 g/mol. The van der Waals surface area contributed by atoms with Gasteiger partial charge in [-0.25, -0.2) is 0 Å². The number of para-hydroxylation sites is 1. The highest BCUT2D eigenvalue weighted by Crippen LogP contribution is 2.18. The number of methoxy groups -OCH3 is 1. The lowest BCUT2D eigenvalue weighted by atomic mass is 10.0. The Morgan fingerprint density at radius 2 is 1.86 bits per heavy atom. The summed E-state index contributed by atoms with van der Waals surface area (Å²) in [6.45, 7) is 4.46. The van der Waals surface area contributed by atoms with Crippen LogP contribution in [-0.2, 0) is 6.54 Å². The van der Waals surface area contributed by atoms with Gasteiger partial charge in [-0.2, -0.15) is 15.0 Å².